The van der Waals surface area contributed by atoms with E-state index in [0.29, 0.717) is 13.0 Å². The van der Waals surface area contributed by atoms with Crippen LogP contribution in [0.3, 0.4) is 0 Å². The predicted octanol–water partition coefficient (Wildman–Crippen LogP) is 0.973. The normalized spacial score (nSPS) is 11.7. The van der Waals surface area contributed by atoms with Gasteiger partial charge in [0.15, 0.2) is 0 Å². The van der Waals surface area contributed by atoms with E-state index < -0.39 is 20.7 Å². The summed E-state index contributed by atoms with van der Waals surface area (Å²) in [6.07, 6.45) is 5.63. The van der Waals surface area contributed by atoms with Crippen LogP contribution in [0.15, 0.2) is 41.8 Å². The van der Waals surface area contributed by atoms with Gasteiger partial charge >= 0.3 is 0 Å². The minimum Gasteiger partial charge on any atom is -0.398 e. The van der Waals surface area contributed by atoms with Gasteiger partial charge in [-0.15, -0.1) is 0 Å². The van der Waals surface area contributed by atoms with Crippen molar-refractivity contribution in [2.45, 2.75) is 17.9 Å². The quantitative estimate of drug-likeness (QED) is 0.614. The third-order valence-electron chi connectivity index (χ3n) is 2.71. The number of hydrogen-bond donors (Lipinski definition) is 2. The van der Waals surface area contributed by atoms with Gasteiger partial charge in [0.1, 0.15) is 10.7 Å². The Morgan fingerprint density at radius 1 is 1.40 bits per heavy atom. The first-order valence-electron chi connectivity index (χ1n) is 6.00. The van der Waals surface area contributed by atoms with Crippen LogP contribution in [0.25, 0.3) is 0 Å². The van der Waals surface area contributed by atoms with Crippen LogP contribution in [0, 0.1) is 5.82 Å². The lowest BCUT2D eigenvalue weighted by atomic mass is 10.3. The molecule has 0 atom stereocenters. The van der Waals surface area contributed by atoms with Gasteiger partial charge < -0.3 is 10.3 Å². The van der Waals surface area contributed by atoms with Crippen LogP contribution in [-0.2, 0) is 16.6 Å². The number of sulfonamides is 1. The number of aromatic nitrogens is 2. The van der Waals surface area contributed by atoms with E-state index in [1.54, 1.807) is 18.7 Å². The van der Waals surface area contributed by atoms with Gasteiger partial charge in [-0.25, -0.2) is 22.5 Å². The standard InChI is InChI=1S/C12H15FN4O2S/c13-10-3-1-4-11(14)12(10)20(18,19)16-5-2-7-17-8-6-15-9-17/h1,3-4,6,8-9,16H,2,5,7,14H2. The second-order valence-electron chi connectivity index (χ2n) is 4.21. The summed E-state index contributed by atoms with van der Waals surface area (Å²) in [5, 5.41) is 0. The molecule has 108 valence electrons. The number of benzene rings is 1. The Hall–Kier alpha value is -1.93. The Balaban J connectivity index is 1.97. The van der Waals surface area contributed by atoms with Gasteiger partial charge in [-0.3, -0.25) is 0 Å². The van der Waals surface area contributed by atoms with E-state index in [1.165, 1.54) is 12.1 Å². The molecule has 0 unspecified atom stereocenters. The summed E-state index contributed by atoms with van der Waals surface area (Å²) in [4.78, 5) is 3.38. The van der Waals surface area contributed by atoms with Gasteiger partial charge in [-0.1, -0.05) is 6.07 Å². The number of nitrogens with zero attached hydrogens (tertiary/aromatic N) is 2. The molecule has 1 heterocycles. The second-order valence-corrected chi connectivity index (χ2v) is 5.91. The Bertz CT molecular complexity index is 651. The van der Waals surface area contributed by atoms with Crippen molar-refractivity contribution >= 4 is 15.7 Å². The average molecular weight is 298 g/mol. The fraction of sp³-hybridized carbons (Fsp3) is 0.250. The van der Waals surface area contributed by atoms with Crippen molar-refractivity contribution in [3.8, 4) is 0 Å². The molecule has 3 N–H and O–H groups in total. The van der Waals surface area contributed by atoms with Crippen LogP contribution in [0.1, 0.15) is 6.42 Å². The molecule has 2 aromatic rings. The van der Waals surface area contributed by atoms with Gasteiger partial charge in [0.25, 0.3) is 0 Å². The van der Waals surface area contributed by atoms with Gasteiger partial charge in [0.2, 0.25) is 10.0 Å². The average Bonchev–Trinajstić information content (AvgIpc) is 2.87. The molecule has 0 aliphatic heterocycles. The predicted molar refractivity (Wildman–Crippen MR) is 72.8 cm³/mol. The summed E-state index contributed by atoms with van der Waals surface area (Å²) in [6.45, 7) is 0.809. The molecule has 0 spiro atoms. The highest BCUT2D eigenvalue weighted by Crippen LogP contribution is 2.21. The van der Waals surface area contributed by atoms with Crippen molar-refractivity contribution < 1.29 is 12.8 Å². The molecule has 20 heavy (non-hydrogen) atoms. The Morgan fingerprint density at radius 3 is 2.85 bits per heavy atom. The van der Waals surface area contributed by atoms with Crippen molar-refractivity contribution in [3.05, 3.63) is 42.7 Å². The third-order valence-corrected chi connectivity index (χ3v) is 4.26. The molecular weight excluding hydrogens is 283 g/mol. The van der Waals surface area contributed by atoms with Crippen molar-refractivity contribution in [1.82, 2.24) is 14.3 Å². The highest BCUT2D eigenvalue weighted by molar-refractivity contribution is 7.89. The van der Waals surface area contributed by atoms with Gasteiger partial charge in [-0.05, 0) is 18.6 Å². The zero-order valence-corrected chi connectivity index (χ0v) is 11.5. The maximum Gasteiger partial charge on any atom is 0.245 e. The van der Waals surface area contributed by atoms with E-state index in [1.807, 2.05) is 4.57 Å². The number of anilines is 1. The van der Waals surface area contributed by atoms with E-state index >= 15 is 0 Å². The number of halogens is 1. The molecule has 0 saturated carbocycles. The van der Waals surface area contributed by atoms with E-state index in [2.05, 4.69) is 9.71 Å². The number of nitrogens with one attached hydrogen (secondary N) is 1. The van der Waals surface area contributed by atoms with Crippen molar-refractivity contribution in [1.29, 1.82) is 0 Å². The summed E-state index contributed by atoms with van der Waals surface area (Å²) >= 11 is 0. The topological polar surface area (TPSA) is 90.0 Å². The van der Waals surface area contributed by atoms with E-state index in [0.717, 1.165) is 6.07 Å². The minimum absolute atomic E-state index is 0.105. The van der Waals surface area contributed by atoms with Crippen molar-refractivity contribution in [2.75, 3.05) is 12.3 Å². The minimum atomic E-state index is -3.94. The fourth-order valence-corrected chi connectivity index (χ4v) is 3.03. The summed E-state index contributed by atoms with van der Waals surface area (Å²) in [7, 11) is -3.94. The van der Waals surface area contributed by atoms with Gasteiger partial charge in [0, 0.05) is 25.5 Å². The van der Waals surface area contributed by atoms with Gasteiger partial charge in [-0.2, -0.15) is 0 Å². The fourth-order valence-electron chi connectivity index (χ4n) is 1.77. The second kappa shape index (κ2) is 6.02. The zero-order chi connectivity index (χ0) is 14.6. The highest BCUT2D eigenvalue weighted by atomic mass is 32.2. The summed E-state index contributed by atoms with van der Waals surface area (Å²) < 4.78 is 41.7. The van der Waals surface area contributed by atoms with Crippen LogP contribution in [0.5, 0.6) is 0 Å². The van der Waals surface area contributed by atoms with E-state index in [9.17, 15) is 12.8 Å². The molecule has 2 rings (SSSR count). The first-order valence-corrected chi connectivity index (χ1v) is 7.48. The first kappa shape index (κ1) is 14.5. The summed E-state index contributed by atoms with van der Waals surface area (Å²) in [6, 6.07) is 3.78. The van der Waals surface area contributed by atoms with Crippen LogP contribution in [0.2, 0.25) is 0 Å². The summed E-state index contributed by atoms with van der Waals surface area (Å²) in [5.41, 5.74) is 5.41. The Labute approximate surface area is 116 Å². The largest absolute Gasteiger partial charge is 0.398 e. The monoisotopic (exact) mass is 298 g/mol. The van der Waals surface area contributed by atoms with E-state index in [-0.39, 0.29) is 12.2 Å². The number of hydrogen-bond acceptors (Lipinski definition) is 4. The smallest absolute Gasteiger partial charge is 0.245 e. The maximum atomic E-state index is 13.6. The molecule has 0 amide bonds. The van der Waals surface area contributed by atoms with Crippen LogP contribution in [0.4, 0.5) is 10.1 Å². The molecule has 0 bridgehead atoms. The molecule has 0 aliphatic rings. The molecule has 8 heteroatoms. The molecule has 6 nitrogen and oxygen atoms in total. The number of nitrogen functional groups attached to an aromatic ring is 1. The molecule has 0 saturated heterocycles. The van der Waals surface area contributed by atoms with Crippen LogP contribution in [-0.4, -0.2) is 24.5 Å². The molecule has 0 radical (unpaired) electrons. The molecule has 0 fully saturated rings. The first-order chi connectivity index (χ1) is 9.50. The summed E-state index contributed by atoms with van der Waals surface area (Å²) in [5.74, 6) is -0.855. The van der Waals surface area contributed by atoms with E-state index in [4.69, 9.17) is 5.73 Å². The Kier molecular flexibility index (Phi) is 4.35. The van der Waals surface area contributed by atoms with Gasteiger partial charge in [0.05, 0.1) is 12.0 Å². The molecule has 1 aromatic carbocycles. The van der Waals surface area contributed by atoms with Crippen LogP contribution < -0.4 is 10.5 Å². The lowest BCUT2D eigenvalue weighted by molar-refractivity contribution is 0.551. The number of nitrogens with two attached hydrogens (primary N) is 1. The third kappa shape index (κ3) is 3.34. The Morgan fingerprint density at radius 2 is 2.20 bits per heavy atom. The lowest BCUT2D eigenvalue weighted by Crippen LogP contribution is -2.27. The molecular formula is C12H15FN4O2S. The van der Waals surface area contributed by atoms with Crippen molar-refractivity contribution in [3.63, 3.8) is 0 Å². The molecule has 1 aromatic heterocycles. The molecule has 0 aliphatic carbocycles. The highest BCUT2D eigenvalue weighted by Gasteiger charge is 2.21. The maximum absolute atomic E-state index is 13.6. The zero-order valence-electron chi connectivity index (χ0n) is 10.7. The van der Waals surface area contributed by atoms with Crippen LogP contribution >= 0.6 is 0 Å². The number of rotatable bonds is 6. The number of aryl methyl sites for hydroxylation is 1. The number of imidazole rings is 1. The van der Waals surface area contributed by atoms with Crippen molar-refractivity contribution in [2.24, 2.45) is 0 Å². The lowest BCUT2D eigenvalue weighted by Gasteiger charge is -2.10. The SMILES string of the molecule is Nc1cccc(F)c1S(=O)(=O)NCCCn1ccnc1.